The summed E-state index contributed by atoms with van der Waals surface area (Å²) in [6.45, 7) is 7.36. The second kappa shape index (κ2) is 4.29. The molecule has 0 fully saturated rings. The molecule has 6 heteroatoms. The summed E-state index contributed by atoms with van der Waals surface area (Å²) < 4.78 is 6.72. The molecule has 0 aliphatic rings. The van der Waals surface area contributed by atoms with Gasteiger partial charge < -0.3 is 4.74 Å². The maximum atomic E-state index is 11.5. The number of nitrogens with one attached hydrogen (secondary N) is 1. The first kappa shape index (κ1) is 12.3. The van der Waals surface area contributed by atoms with Crippen molar-refractivity contribution in [3.8, 4) is 0 Å². The number of rotatable bonds is 1. The van der Waals surface area contributed by atoms with Gasteiger partial charge in [0.05, 0.1) is 0 Å². The van der Waals surface area contributed by atoms with Gasteiger partial charge in [0.1, 0.15) is 5.60 Å². The average molecular weight is 248 g/mol. The van der Waals surface area contributed by atoms with E-state index in [1.807, 2.05) is 19.1 Å². The Labute approximate surface area is 105 Å². The number of aryl methyl sites for hydroxylation is 1. The van der Waals surface area contributed by atoms with E-state index in [1.54, 1.807) is 31.5 Å². The van der Waals surface area contributed by atoms with Gasteiger partial charge in [-0.3, -0.25) is 5.32 Å². The Hall–Kier alpha value is -2.11. The monoisotopic (exact) mass is 248 g/mol. The molecule has 1 amide bonds. The highest BCUT2D eigenvalue weighted by Crippen LogP contribution is 2.11. The van der Waals surface area contributed by atoms with Crippen LogP contribution in [0.1, 0.15) is 26.3 Å². The fourth-order valence-corrected chi connectivity index (χ4v) is 1.43. The van der Waals surface area contributed by atoms with Crippen LogP contribution in [0.2, 0.25) is 0 Å². The van der Waals surface area contributed by atoms with Crippen LogP contribution in [0.5, 0.6) is 0 Å². The SMILES string of the molecule is Cc1ccn2nc(NC(=O)OC(C)(C)C)nc2c1. The van der Waals surface area contributed by atoms with E-state index < -0.39 is 11.7 Å². The number of fused-ring (bicyclic) bond motifs is 1. The van der Waals surface area contributed by atoms with E-state index in [-0.39, 0.29) is 5.95 Å². The minimum Gasteiger partial charge on any atom is -0.444 e. The Morgan fingerprint density at radius 3 is 2.83 bits per heavy atom. The third kappa shape index (κ3) is 2.97. The van der Waals surface area contributed by atoms with Crippen molar-refractivity contribution < 1.29 is 9.53 Å². The summed E-state index contributed by atoms with van der Waals surface area (Å²) in [7, 11) is 0. The number of carbonyl (C=O) groups excluding carboxylic acids is 1. The summed E-state index contributed by atoms with van der Waals surface area (Å²) in [5.74, 6) is 0.231. The third-order valence-electron chi connectivity index (χ3n) is 2.11. The van der Waals surface area contributed by atoms with Gasteiger partial charge in [-0.25, -0.2) is 9.31 Å². The number of aromatic nitrogens is 3. The van der Waals surface area contributed by atoms with Crippen LogP contribution in [0.15, 0.2) is 18.3 Å². The maximum absolute atomic E-state index is 11.5. The molecule has 2 aromatic heterocycles. The van der Waals surface area contributed by atoms with Gasteiger partial charge >= 0.3 is 6.09 Å². The molecule has 0 unspecified atom stereocenters. The highest BCUT2D eigenvalue weighted by molar-refractivity contribution is 5.82. The summed E-state index contributed by atoms with van der Waals surface area (Å²) in [6, 6.07) is 3.80. The Morgan fingerprint density at radius 2 is 2.17 bits per heavy atom. The normalized spacial score (nSPS) is 11.6. The highest BCUT2D eigenvalue weighted by Gasteiger charge is 2.17. The minimum atomic E-state index is -0.560. The summed E-state index contributed by atoms with van der Waals surface area (Å²) in [4.78, 5) is 15.7. The third-order valence-corrected chi connectivity index (χ3v) is 2.11. The lowest BCUT2D eigenvalue weighted by molar-refractivity contribution is 0.0634. The highest BCUT2D eigenvalue weighted by atomic mass is 16.6. The van der Waals surface area contributed by atoms with Gasteiger partial charge in [-0.15, -0.1) is 5.10 Å². The van der Waals surface area contributed by atoms with Crippen LogP contribution >= 0.6 is 0 Å². The molecule has 0 spiro atoms. The van der Waals surface area contributed by atoms with Gasteiger partial charge in [0.15, 0.2) is 5.65 Å². The maximum Gasteiger partial charge on any atom is 0.414 e. The molecule has 96 valence electrons. The number of nitrogens with zero attached hydrogens (tertiary/aromatic N) is 3. The first-order valence-electron chi connectivity index (χ1n) is 5.66. The fraction of sp³-hybridized carbons (Fsp3) is 0.417. The topological polar surface area (TPSA) is 68.5 Å². The second-order valence-corrected chi connectivity index (χ2v) is 5.07. The summed E-state index contributed by atoms with van der Waals surface area (Å²) in [5, 5.41) is 6.62. The van der Waals surface area contributed by atoms with Gasteiger partial charge in [-0.05, 0) is 45.4 Å². The van der Waals surface area contributed by atoms with Crippen molar-refractivity contribution in [2.24, 2.45) is 0 Å². The van der Waals surface area contributed by atoms with E-state index in [2.05, 4.69) is 15.4 Å². The molecule has 0 radical (unpaired) electrons. The van der Waals surface area contributed by atoms with Crippen molar-refractivity contribution in [1.29, 1.82) is 0 Å². The first-order valence-corrected chi connectivity index (χ1v) is 5.66. The zero-order valence-electron chi connectivity index (χ0n) is 10.9. The van der Waals surface area contributed by atoms with Gasteiger partial charge in [-0.2, -0.15) is 4.98 Å². The van der Waals surface area contributed by atoms with Crippen LogP contribution in [-0.4, -0.2) is 26.3 Å². The van der Waals surface area contributed by atoms with Gasteiger partial charge in [0.2, 0.25) is 0 Å². The predicted molar refractivity (Wildman–Crippen MR) is 67.6 cm³/mol. The zero-order valence-corrected chi connectivity index (χ0v) is 10.9. The molecular weight excluding hydrogens is 232 g/mol. The lowest BCUT2D eigenvalue weighted by Gasteiger charge is -2.18. The molecule has 0 saturated heterocycles. The summed E-state index contributed by atoms with van der Waals surface area (Å²) >= 11 is 0. The van der Waals surface area contributed by atoms with Crippen LogP contribution in [0.3, 0.4) is 0 Å². The zero-order chi connectivity index (χ0) is 13.3. The van der Waals surface area contributed by atoms with E-state index in [0.717, 1.165) is 5.56 Å². The number of pyridine rings is 1. The van der Waals surface area contributed by atoms with Gasteiger partial charge in [-0.1, -0.05) is 0 Å². The summed E-state index contributed by atoms with van der Waals surface area (Å²) in [6.07, 6.45) is 1.23. The molecule has 18 heavy (non-hydrogen) atoms. The van der Waals surface area contributed by atoms with Crippen molar-refractivity contribution in [2.45, 2.75) is 33.3 Å². The van der Waals surface area contributed by atoms with E-state index in [0.29, 0.717) is 5.65 Å². The largest absolute Gasteiger partial charge is 0.444 e. The molecular formula is C12H16N4O2. The Bertz CT molecular complexity index is 583. The lowest BCUT2D eigenvalue weighted by Crippen LogP contribution is -2.27. The summed E-state index contributed by atoms with van der Waals surface area (Å²) in [5.41, 5.74) is 1.22. The van der Waals surface area contributed by atoms with Gasteiger partial charge in [0.25, 0.3) is 5.95 Å². The molecule has 2 rings (SSSR count). The number of amides is 1. The van der Waals surface area contributed by atoms with Gasteiger partial charge in [0, 0.05) is 6.20 Å². The molecule has 1 N–H and O–H groups in total. The van der Waals surface area contributed by atoms with Crippen LogP contribution < -0.4 is 5.32 Å². The van der Waals surface area contributed by atoms with Crippen molar-refractivity contribution in [2.75, 3.05) is 5.32 Å². The molecule has 0 saturated carbocycles. The number of carbonyl (C=O) groups is 1. The van der Waals surface area contributed by atoms with E-state index in [1.165, 1.54) is 0 Å². The first-order chi connectivity index (χ1) is 8.33. The fourth-order valence-electron chi connectivity index (χ4n) is 1.43. The van der Waals surface area contributed by atoms with Crippen LogP contribution in [0, 0.1) is 6.92 Å². The number of ether oxygens (including phenoxy) is 1. The quantitative estimate of drug-likeness (QED) is 0.841. The molecule has 2 heterocycles. The van der Waals surface area contributed by atoms with Crippen molar-refractivity contribution >= 4 is 17.7 Å². The number of anilines is 1. The van der Waals surface area contributed by atoms with E-state index in [4.69, 9.17) is 4.74 Å². The Balaban J connectivity index is 2.15. The van der Waals surface area contributed by atoms with Crippen molar-refractivity contribution in [3.63, 3.8) is 0 Å². The van der Waals surface area contributed by atoms with Crippen molar-refractivity contribution in [1.82, 2.24) is 14.6 Å². The smallest absolute Gasteiger partial charge is 0.414 e. The van der Waals surface area contributed by atoms with Crippen LogP contribution in [-0.2, 0) is 4.74 Å². The molecule has 2 aromatic rings. The number of hydrogen-bond acceptors (Lipinski definition) is 4. The standard InChI is InChI=1S/C12H16N4O2/c1-8-5-6-16-9(7-8)13-10(15-16)14-11(17)18-12(2,3)4/h5-7H,1-4H3,(H,14,15,17). The number of hydrogen-bond donors (Lipinski definition) is 1. The second-order valence-electron chi connectivity index (χ2n) is 5.07. The predicted octanol–water partition coefficient (Wildman–Crippen LogP) is 2.38. The molecule has 0 bridgehead atoms. The molecule has 0 atom stereocenters. The van der Waals surface area contributed by atoms with E-state index in [9.17, 15) is 4.79 Å². The molecule has 0 aliphatic heterocycles. The van der Waals surface area contributed by atoms with Crippen LogP contribution in [0.25, 0.3) is 5.65 Å². The lowest BCUT2D eigenvalue weighted by atomic mass is 10.2. The Kier molecular flexibility index (Phi) is 2.94. The van der Waals surface area contributed by atoms with E-state index >= 15 is 0 Å². The van der Waals surface area contributed by atoms with Crippen molar-refractivity contribution in [3.05, 3.63) is 23.9 Å². The average Bonchev–Trinajstić information content (AvgIpc) is 2.55. The van der Waals surface area contributed by atoms with Crippen LogP contribution in [0.4, 0.5) is 10.7 Å². The molecule has 6 nitrogen and oxygen atoms in total. The molecule has 0 aliphatic carbocycles. The Morgan fingerprint density at radius 1 is 1.44 bits per heavy atom. The minimum absolute atomic E-state index is 0.231. The molecule has 0 aromatic carbocycles.